The van der Waals surface area contributed by atoms with Crippen LogP contribution < -0.4 is 11.1 Å². The smallest absolute Gasteiger partial charge is 0.241 e. The number of fused-ring (bicyclic) bond motifs is 1. The molecule has 0 radical (unpaired) electrons. The quantitative estimate of drug-likeness (QED) is 0.754. The van der Waals surface area contributed by atoms with Crippen molar-refractivity contribution < 1.29 is 0 Å². The van der Waals surface area contributed by atoms with Gasteiger partial charge in [0.05, 0.1) is 12.1 Å². The summed E-state index contributed by atoms with van der Waals surface area (Å²) in [7, 11) is 0. The van der Waals surface area contributed by atoms with Crippen molar-refractivity contribution >= 4 is 23.5 Å². The molecule has 2 aromatic carbocycles. The summed E-state index contributed by atoms with van der Waals surface area (Å²) < 4.78 is 1.86. The zero-order valence-electron chi connectivity index (χ0n) is 12.4. The Morgan fingerprint density at radius 1 is 1.04 bits per heavy atom. The number of rotatable bonds is 2. The van der Waals surface area contributed by atoms with E-state index in [1.165, 1.54) is 5.56 Å². The van der Waals surface area contributed by atoms with Crippen LogP contribution in [0.2, 0.25) is 5.02 Å². The van der Waals surface area contributed by atoms with Gasteiger partial charge in [0.25, 0.3) is 0 Å². The molecule has 5 nitrogen and oxygen atoms in total. The highest BCUT2D eigenvalue weighted by Crippen LogP contribution is 2.38. The molecule has 0 saturated heterocycles. The van der Waals surface area contributed by atoms with Gasteiger partial charge in [0.2, 0.25) is 11.9 Å². The van der Waals surface area contributed by atoms with Gasteiger partial charge in [-0.25, -0.2) is 4.68 Å². The van der Waals surface area contributed by atoms with Crippen molar-refractivity contribution in [2.45, 2.75) is 18.5 Å². The summed E-state index contributed by atoms with van der Waals surface area (Å²) in [4.78, 5) is 4.31. The van der Waals surface area contributed by atoms with Gasteiger partial charge >= 0.3 is 0 Å². The number of halogens is 1. The minimum Gasteiger partial charge on any atom is -0.366 e. The monoisotopic (exact) mass is 325 g/mol. The van der Waals surface area contributed by atoms with Crippen molar-refractivity contribution in [1.29, 1.82) is 0 Å². The van der Waals surface area contributed by atoms with Gasteiger partial charge in [-0.3, -0.25) is 0 Å². The van der Waals surface area contributed by atoms with Crippen LogP contribution in [-0.2, 0) is 0 Å². The van der Waals surface area contributed by atoms with Crippen LogP contribution in [0.5, 0.6) is 0 Å². The molecule has 0 fully saturated rings. The topological polar surface area (TPSA) is 68.8 Å². The zero-order valence-corrected chi connectivity index (χ0v) is 13.1. The lowest BCUT2D eigenvalue weighted by atomic mass is 9.93. The molecule has 3 aromatic rings. The first-order chi connectivity index (χ1) is 11.2. The molecule has 0 spiro atoms. The third-order valence-electron chi connectivity index (χ3n) is 4.16. The summed E-state index contributed by atoms with van der Waals surface area (Å²) in [5.41, 5.74) is 8.17. The molecule has 0 saturated carbocycles. The van der Waals surface area contributed by atoms with Crippen molar-refractivity contribution in [3.8, 4) is 0 Å². The van der Waals surface area contributed by atoms with E-state index in [1.54, 1.807) is 0 Å². The molecular formula is C17H16ClN5. The Kier molecular flexibility index (Phi) is 3.42. The number of hydrogen-bond acceptors (Lipinski definition) is 4. The van der Waals surface area contributed by atoms with Crippen LogP contribution in [0.3, 0.4) is 0 Å². The molecule has 2 atom stereocenters. The van der Waals surface area contributed by atoms with Crippen LogP contribution in [0.25, 0.3) is 0 Å². The standard InChI is InChI=1S/C17H16ClN5/c18-13-8-6-12(7-9-13)15-10-14(11-4-2-1-3-5-11)20-17-21-16(19)22-23(15)17/h1-9,14-15H,10H2,(H3,19,20,21,22)/t14-,15-/m1/s1. The van der Waals surface area contributed by atoms with Gasteiger partial charge in [0, 0.05) is 5.02 Å². The molecule has 116 valence electrons. The maximum atomic E-state index is 6.01. The predicted molar refractivity (Wildman–Crippen MR) is 91.4 cm³/mol. The number of anilines is 2. The van der Waals surface area contributed by atoms with Crippen LogP contribution in [0.15, 0.2) is 54.6 Å². The normalized spacial score (nSPS) is 19.9. The number of nitrogens with one attached hydrogen (secondary N) is 1. The second-order valence-corrected chi connectivity index (χ2v) is 6.09. The molecule has 0 amide bonds. The summed E-state index contributed by atoms with van der Waals surface area (Å²) in [6.45, 7) is 0. The largest absolute Gasteiger partial charge is 0.366 e. The maximum absolute atomic E-state index is 6.01. The van der Waals surface area contributed by atoms with Gasteiger partial charge in [0.1, 0.15) is 0 Å². The molecule has 6 heteroatoms. The van der Waals surface area contributed by atoms with Gasteiger partial charge in [-0.2, -0.15) is 4.98 Å². The first-order valence-electron chi connectivity index (χ1n) is 7.49. The van der Waals surface area contributed by atoms with E-state index >= 15 is 0 Å². The average molecular weight is 326 g/mol. The van der Waals surface area contributed by atoms with Crippen molar-refractivity contribution in [3.63, 3.8) is 0 Å². The SMILES string of the molecule is Nc1nc2n(n1)[C@@H](c1ccc(Cl)cc1)C[C@H](c1ccccc1)N2. The first-order valence-corrected chi connectivity index (χ1v) is 7.87. The second kappa shape index (κ2) is 5.59. The van der Waals surface area contributed by atoms with Gasteiger partial charge < -0.3 is 11.1 Å². The second-order valence-electron chi connectivity index (χ2n) is 5.65. The molecule has 3 N–H and O–H groups in total. The van der Waals surface area contributed by atoms with E-state index in [-0.39, 0.29) is 18.0 Å². The number of nitrogens with zero attached hydrogens (tertiary/aromatic N) is 3. The van der Waals surface area contributed by atoms with Crippen LogP contribution in [0.4, 0.5) is 11.9 Å². The number of aromatic nitrogens is 3. The minimum atomic E-state index is 0.0681. The molecule has 0 aliphatic carbocycles. The highest BCUT2D eigenvalue weighted by Gasteiger charge is 2.30. The number of nitrogens with two attached hydrogens (primary N) is 1. The fourth-order valence-corrected chi connectivity index (χ4v) is 3.19. The van der Waals surface area contributed by atoms with Crippen LogP contribution in [0.1, 0.15) is 29.6 Å². The third-order valence-corrected chi connectivity index (χ3v) is 4.41. The zero-order chi connectivity index (χ0) is 15.8. The lowest BCUT2D eigenvalue weighted by molar-refractivity contribution is 0.431. The summed E-state index contributed by atoms with van der Waals surface area (Å²) in [6.07, 6.45) is 0.863. The van der Waals surface area contributed by atoms with E-state index in [4.69, 9.17) is 17.3 Å². The van der Waals surface area contributed by atoms with E-state index in [0.29, 0.717) is 5.95 Å². The fraction of sp³-hybridized carbons (Fsp3) is 0.176. The minimum absolute atomic E-state index is 0.0681. The third kappa shape index (κ3) is 2.64. The highest BCUT2D eigenvalue weighted by molar-refractivity contribution is 6.30. The van der Waals surface area contributed by atoms with Crippen molar-refractivity contribution in [1.82, 2.24) is 14.8 Å². The van der Waals surface area contributed by atoms with Crippen LogP contribution in [-0.4, -0.2) is 14.8 Å². The Hall–Kier alpha value is -2.53. The molecule has 1 aromatic heterocycles. The molecule has 2 heterocycles. The molecule has 23 heavy (non-hydrogen) atoms. The van der Waals surface area contributed by atoms with Gasteiger partial charge in [-0.05, 0) is 29.7 Å². The molecule has 0 bridgehead atoms. The Morgan fingerprint density at radius 2 is 1.78 bits per heavy atom. The van der Waals surface area contributed by atoms with E-state index in [0.717, 1.165) is 17.0 Å². The van der Waals surface area contributed by atoms with Gasteiger partial charge in [-0.15, -0.1) is 5.10 Å². The first kappa shape index (κ1) is 14.1. The fourth-order valence-electron chi connectivity index (χ4n) is 3.06. The maximum Gasteiger partial charge on any atom is 0.241 e. The van der Waals surface area contributed by atoms with Crippen molar-refractivity contribution in [3.05, 3.63) is 70.7 Å². The molecule has 1 aliphatic rings. The molecular weight excluding hydrogens is 310 g/mol. The summed E-state index contributed by atoms with van der Waals surface area (Å²) in [6, 6.07) is 18.4. The van der Waals surface area contributed by atoms with Crippen molar-refractivity contribution in [2.24, 2.45) is 0 Å². The summed E-state index contributed by atoms with van der Waals surface area (Å²) in [5.74, 6) is 0.975. The van der Waals surface area contributed by atoms with Crippen molar-refractivity contribution in [2.75, 3.05) is 11.1 Å². The molecule has 4 rings (SSSR count). The average Bonchev–Trinajstić information content (AvgIpc) is 2.96. The molecule has 1 aliphatic heterocycles. The Balaban J connectivity index is 1.76. The number of benzene rings is 2. The summed E-state index contributed by atoms with van der Waals surface area (Å²) >= 11 is 6.01. The molecule has 0 unspecified atom stereocenters. The Labute approximate surface area is 139 Å². The van der Waals surface area contributed by atoms with Gasteiger partial charge in [-0.1, -0.05) is 54.1 Å². The van der Waals surface area contributed by atoms with Crippen LogP contribution >= 0.6 is 11.6 Å². The van der Waals surface area contributed by atoms with Crippen LogP contribution in [0, 0.1) is 0 Å². The van der Waals surface area contributed by atoms with E-state index in [1.807, 2.05) is 47.1 Å². The van der Waals surface area contributed by atoms with Gasteiger partial charge in [0.15, 0.2) is 0 Å². The Morgan fingerprint density at radius 3 is 2.52 bits per heavy atom. The number of hydrogen-bond donors (Lipinski definition) is 2. The summed E-state index contributed by atoms with van der Waals surface area (Å²) in [5, 5.41) is 8.50. The van der Waals surface area contributed by atoms with E-state index in [2.05, 4.69) is 27.5 Å². The predicted octanol–water partition coefficient (Wildman–Crippen LogP) is 3.66. The van der Waals surface area contributed by atoms with E-state index in [9.17, 15) is 0 Å². The lowest BCUT2D eigenvalue weighted by Crippen LogP contribution is -2.28. The Bertz CT molecular complexity index is 813. The lowest BCUT2D eigenvalue weighted by Gasteiger charge is -2.31. The number of nitrogen functional groups attached to an aromatic ring is 1. The highest BCUT2D eigenvalue weighted by atomic mass is 35.5. The van der Waals surface area contributed by atoms with E-state index < -0.39 is 0 Å².